The van der Waals surface area contributed by atoms with E-state index in [4.69, 9.17) is 23.2 Å². The minimum Gasteiger partial charge on any atom is -1.00 e. The van der Waals surface area contributed by atoms with Gasteiger partial charge in [-0.2, -0.15) is 11.6 Å². The maximum Gasteiger partial charge on any atom is -1.00 e. The minimum atomic E-state index is 0. The predicted octanol–water partition coefficient (Wildman–Crippen LogP) is 12.3. The zero-order valence-corrected chi connectivity index (χ0v) is 48.8. The van der Waals surface area contributed by atoms with Crippen LogP contribution in [0.3, 0.4) is 0 Å². The first-order valence-corrected chi connectivity index (χ1v) is 25.6. The van der Waals surface area contributed by atoms with Crippen LogP contribution < -0.4 is 24.8 Å². The second-order valence-electron chi connectivity index (χ2n) is 21.8. The van der Waals surface area contributed by atoms with E-state index in [0.717, 1.165) is 16.5 Å². The zero-order valence-electron chi connectivity index (χ0n) is 43.3. The van der Waals surface area contributed by atoms with Crippen molar-refractivity contribution in [2.24, 2.45) is 11.3 Å². The van der Waals surface area contributed by atoms with Crippen molar-refractivity contribution in [2.45, 2.75) is 134 Å². The fourth-order valence-electron chi connectivity index (χ4n) is 9.61. The summed E-state index contributed by atoms with van der Waals surface area (Å²) in [6.45, 7) is 36.5. The van der Waals surface area contributed by atoms with Crippen LogP contribution >= 0.6 is 23.2 Å². The van der Waals surface area contributed by atoms with Gasteiger partial charge in [0.2, 0.25) is 0 Å². The monoisotopic (exact) mass is 1060 g/mol. The van der Waals surface area contributed by atoms with Gasteiger partial charge in [0.25, 0.3) is 0 Å². The number of aryl methyl sites for hydroxylation is 6. The van der Waals surface area contributed by atoms with E-state index in [1.807, 2.05) is 48.5 Å². The summed E-state index contributed by atoms with van der Waals surface area (Å²) in [5, 5.41) is 1.53. The number of rotatable bonds is 5. The average Bonchev–Trinajstić information content (AvgIpc) is 3.85. The van der Waals surface area contributed by atoms with Gasteiger partial charge in [-0.3, -0.25) is 6.08 Å². The van der Waals surface area contributed by atoms with E-state index in [-0.39, 0.29) is 35.6 Å². The van der Waals surface area contributed by atoms with Gasteiger partial charge in [-0.25, -0.2) is 6.08 Å². The molecular weight excluding hydrogens is 990 g/mol. The molecular formula is C63H70Cl4Zr-2. The van der Waals surface area contributed by atoms with Gasteiger partial charge in [0, 0.05) is 0 Å². The van der Waals surface area contributed by atoms with Crippen molar-refractivity contribution in [1.29, 1.82) is 0 Å². The van der Waals surface area contributed by atoms with Crippen LogP contribution in [0.15, 0.2) is 109 Å². The van der Waals surface area contributed by atoms with Crippen molar-refractivity contribution in [1.82, 2.24) is 0 Å². The summed E-state index contributed by atoms with van der Waals surface area (Å²) in [5.74, 6) is 0.573. The molecule has 1 unspecified atom stereocenters. The topological polar surface area (TPSA) is 0 Å². The largest absolute Gasteiger partial charge is 1.00 e. The number of hydrogen-bond acceptors (Lipinski definition) is 0. The van der Waals surface area contributed by atoms with E-state index in [1.165, 1.54) is 140 Å². The van der Waals surface area contributed by atoms with Crippen LogP contribution in [0.2, 0.25) is 10.0 Å². The molecule has 0 aromatic heterocycles. The van der Waals surface area contributed by atoms with Crippen molar-refractivity contribution in [3.63, 3.8) is 0 Å². The molecule has 1 atom stereocenters. The van der Waals surface area contributed by atoms with Gasteiger partial charge >= 0.3 is 120 Å². The van der Waals surface area contributed by atoms with E-state index in [0.29, 0.717) is 11.3 Å². The molecule has 0 amide bonds. The van der Waals surface area contributed by atoms with Gasteiger partial charge in [-0.15, -0.1) is 28.8 Å². The molecule has 0 saturated heterocycles. The van der Waals surface area contributed by atoms with Crippen LogP contribution in [0, 0.1) is 65.0 Å². The molecule has 6 aromatic rings. The Hall–Kier alpha value is -3.29. The number of halogens is 4. The predicted molar refractivity (Wildman–Crippen MR) is 285 cm³/mol. The molecule has 68 heavy (non-hydrogen) atoms. The quantitative estimate of drug-likeness (QED) is 0.151. The van der Waals surface area contributed by atoms with Gasteiger partial charge in [0.15, 0.2) is 0 Å². The summed E-state index contributed by atoms with van der Waals surface area (Å²) in [6, 6.07) is 36.7. The van der Waals surface area contributed by atoms with Crippen molar-refractivity contribution in [2.75, 3.05) is 0 Å². The molecule has 0 heterocycles. The van der Waals surface area contributed by atoms with Crippen LogP contribution in [-0.4, -0.2) is 3.21 Å². The summed E-state index contributed by atoms with van der Waals surface area (Å²) >= 11 is 13.1. The van der Waals surface area contributed by atoms with Gasteiger partial charge in [-0.05, 0) is 92.2 Å². The first kappa shape index (κ1) is 57.3. The third kappa shape index (κ3) is 13.4. The number of fused-ring (bicyclic) bond motifs is 3. The summed E-state index contributed by atoms with van der Waals surface area (Å²) in [7, 11) is 0. The molecule has 0 radical (unpaired) electrons. The third-order valence-electron chi connectivity index (χ3n) is 13.0. The molecule has 5 heteroatoms. The molecule has 8 rings (SSSR count). The molecule has 0 spiro atoms. The summed E-state index contributed by atoms with van der Waals surface area (Å²) < 4.78 is 1.31. The van der Waals surface area contributed by atoms with Crippen molar-refractivity contribution in [3.05, 3.63) is 198 Å². The molecule has 356 valence electrons. The first-order valence-electron chi connectivity index (χ1n) is 23.6. The van der Waals surface area contributed by atoms with E-state index in [2.05, 4.69) is 178 Å². The van der Waals surface area contributed by atoms with Crippen molar-refractivity contribution in [3.8, 4) is 33.4 Å². The summed E-state index contributed by atoms with van der Waals surface area (Å²) in [4.78, 5) is 0. The van der Waals surface area contributed by atoms with Crippen LogP contribution in [0.25, 0.3) is 33.4 Å². The van der Waals surface area contributed by atoms with Crippen LogP contribution in [0.4, 0.5) is 0 Å². The fourth-order valence-corrected chi connectivity index (χ4v) is 10.7. The standard InChI is InChI=1S/C39H45.C13H8Cl2.C11H17.2ClH.Zr/c1-22-13-24(3)36(25(4)14-22)32-18-28-17-29-19-33(37-26(5)15-23(2)16-27(37)6)35(39(10,11)12)21-31(29)30(28)20-34(32)38(7,8)9;14-12-5-1-10(2-6-12)9-11-3-7-13(15)8-4-11;1-5-9-6-7-10(8-9)11(2,3)4;;;/h13-16,18,20-21H,17H2,1-12H3;1-8H;7-9H,5H2,1-4H3;2*1H;/q-1;;-1;;;+2/p-2. The summed E-state index contributed by atoms with van der Waals surface area (Å²) in [6.07, 6.45) is 9.94. The molecule has 6 aromatic carbocycles. The van der Waals surface area contributed by atoms with Crippen molar-refractivity contribution < 1.29 is 49.0 Å². The minimum absolute atomic E-state index is 0. The van der Waals surface area contributed by atoms with Crippen LogP contribution in [-0.2, 0) is 41.5 Å². The number of benzene rings is 6. The second-order valence-corrected chi connectivity index (χ2v) is 23.9. The molecule has 0 bridgehead atoms. The van der Waals surface area contributed by atoms with Crippen LogP contribution in [0.1, 0.15) is 142 Å². The van der Waals surface area contributed by atoms with Crippen molar-refractivity contribution >= 4 is 26.4 Å². The number of allylic oxidation sites excluding steroid dienone is 4. The molecule has 0 saturated carbocycles. The van der Waals surface area contributed by atoms with Gasteiger partial charge in [-0.1, -0.05) is 162 Å². The van der Waals surface area contributed by atoms with E-state index >= 15 is 0 Å². The summed E-state index contributed by atoms with van der Waals surface area (Å²) in [5.41, 5.74) is 26.0. The van der Waals surface area contributed by atoms with Gasteiger partial charge in [0.05, 0.1) is 0 Å². The molecule has 0 fully saturated rings. The van der Waals surface area contributed by atoms with Gasteiger partial charge in [0.1, 0.15) is 0 Å². The average molecular weight is 1060 g/mol. The molecule has 0 nitrogen and oxygen atoms in total. The Morgan fingerprint density at radius 2 is 1.01 bits per heavy atom. The Kier molecular flexibility index (Phi) is 19.3. The maximum atomic E-state index is 5.86. The Morgan fingerprint density at radius 1 is 0.574 bits per heavy atom. The normalized spacial score (nSPS) is 13.8. The fraction of sp³-hybridized carbons (Fsp3) is 0.349. The Labute approximate surface area is 448 Å². The van der Waals surface area contributed by atoms with E-state index in [1.54, 1.807) is 0 Å². The third-order valence-corrected chi connectivity index (χ3v) is 14.9. The Morgan fingerprint density at radius 3 is 1.41 bits per heavy atom. The molecule has 2 aliphatic rings. The Balaban J connectivity index is 0.000000284. The van der Waals surface area contributed by atoms with Crippen LogP contribution in [0.5, 0.6) is 0 Å². The SMILES string of the molecule is CCC1[C-]=CC(C(C)(C)C)=C1.Cc1cc(C)c(-c2[c-]c3c(cc2C(C)(C)C)-c2cc(C(C)(C)C)c(-c4c(C)cc(C)cc4C)cc2C3)c(C)c1.Clc1ccc([C](=[Zr+2])c2ccc(Cl)cc2)cc1.[Cl-].[Cl-]. The van der Waals surface area contributed by atoms with E-state index in [9.17, 15) is 0 Å². The number of hydrogen-bond donors (Lipinski definition) is 0. The molecule has 2 aliphatic carbocycles. The molecule has 0 aliphatic heterocycles. The maximum absolute atomic E-state index is 5.86. The molecule has 0 N–H and O–H groups in total. The van der Waals surface area contributed by atoms with Gasteiger partial charge < -0.3 is 24.8 Å². The van der Waals surface area contributed by atoms with E-state index < -0.39 is 0 Å². The Bertz CT molecular complexity index is 2620. The first-order chi connectivity index (χ1) is 30.8. The smallest absolute Gasteiger partial charge is 1.00 e. The second kappa shape index (κ2) is 22.9. The zero-order chi connectivity index (χ0) is 48.6.